The van der Waals surface area contributed by atoms with Gasteiger partial charge in [0.1, 0.15) is 17.3 Å². The summed E-state index contributed by atoms with van der Waals surface area (Å²) in [5.41, 5.74) is 3.35. The van der Waals surface area contributed by atoms with Crippen molar-refractivity contribution in [3.05, 3.63) is 65.6 Å². The number of para-hydroxylation sites is 2. The van der Waals surface area contributed by atoms with Crippen LogP contribution in [0.4, 0.5) is 4.79 Å². The van der Waals surface area contributed by atoms with Crippen LogP contribution in [0.1, 0.15) is 60.5 Å². The van der Waals surface area contributed by atoms with Gasteiger partial charge in [-0.25, -0.2) is 14.8 Å². The van der Waals surface area contributed by atoms with Crippen molar-refractivity contribution < 1.29 is 28.7 Å². The number of piperazine rings is 1. The van der Waals surface area contributed by atoms with E-state index in [-0.39, 0.29) is 42.8 Å². The molecule has 6 rings (SSSR count). The van der Waals surface area contributed by atoms with Crippen molar-refractivity contribution in [1.82, 2.24) is 35.0 Å². The largest absolute Gasteiger partial charge is 0.483 e. The number of rotatable bonds is 10. The molecule has 0 saturated carbocycles. The van der Waals surface area contributed by atoms with E-state index in [1.807, 2.05) is 56.3 Å². The van der Waals surface area contributed by atoms with Crippen LogP contribution in [-0.4, -0.2) is 106 Å². The molecule has 2 aromatic heterocycles. The zero-order valence-corrected chi connectivity index (χ0v) is 27.4. The Balaban J connectivity index is 1.08. The van der Waals surface area contributed by atoms with Gasteiger partial charge in [-0.05, 0) is 56.0 Å². The number of aromatic nitrogens is 3. The van der Waals surface area contributed by atoms with Crippen LogP contribution >= 0.6 is 0 Å². The number of carbonyl (C=O) groups excluding carboxylic acids is 4. The van der Waals surface area contributed by atoms with Gasteiger partial charge < -0.3 is 34.5 Å². The molecule has 4 heterocycles. The van der Waals surface area contributed by atoms with Gasteiger partial charge in [-0.15, -0.1) is 0 Å². The molecule has 0 spiro atoms. The number of ether oxygens (including phenoxy) is 2. The van der Waals surface area contributed by atoms with Crippen molar-refractivity contribution in [1.29, 1.82) is 0 Å². The first-order valence-electron chi connectivity index (χ1n) is 16.6. The van der Waals surface area contributed by atoms with Crippen LogP contribution in [0, 0.1) is 6.92 Å². The molecular weight excluding hydrogens is 614 g/mol. The molecule has 48 heavy (non-hydrogen) atoms. The number of nitrogens with one attached hydrogen (secondary N) is 2. The lowest BCUT2D eigenvalue weighted by Gasteiger charge is -2.34. The number of carbonyl (C=O) groups is 4. The first-order chi connectivity index (χ1) is 23.3. The van der Waals surface area contributed by atoms with Crippen molar-refractivity contribution in [2.75, 3.05) is 52.5 Å². The number of likely N-dealkylation sites (tertiary alicyclic amines) is 1. The van der Waals surface area contributed by atoms with E-state index >= 15 is 0 Å². The molecule has 0 bridgehead atoms. The Hall–Kier alpha value is -5.20. The third-order valence-corrected chi connectivity index (χ3v) is 8.82. The average Bonchev–Trinajstić information content (AvgIpc) is 3.77. The molecule has 0 radical (unpaired) electrons. The number of amides is 4. The van der Waals surface area contributed by atoms with Crippen molar-refractivity contribution in [3.8, 4) is 5.75 Å². The molecule has 2 aliphatic heterocycles. The Labute approximate surface area is 278 Å². The van der Waals surface area contributed by atoms with Gasteiger partial charge in [-0.2, -0.15) is 0 Å². The molecule has 4 aromatic rings. The number of H-pyrrole nitrogens is 1. The molecule has 1 unspecified atom stereocenters. The van der Waals surface area contributed by atoms with Crippen LogP contribution in [0.15, 0.2) is 48.5 Å². The Kier molecular flexibility index (Phi) is 10.0. The lowest BCUT2D eigenvalue weighted by Crippen LogP contribution is -2.52. The number of imidazole rings is 1. The van der Waals surface area contributed by atoms with E-state index < -0.39 is 5.91 Å². The Morgan fingerprint density at radius 2 is 1.73 bits per heavy atom. The highest BCUT2D eigenvalue weighted by molar-refractivity contribution is 5.98. The van der Waals surface area contributed by atoms with Gasteiger partial charge in [0.25, 0.3) is 11.8 Å². The van der Waals surface area contributed by atoms with Gasteiger partial charge in [0.2, 0.25) is 5.91 Å². The first kappa shape index (κ1) is 32.7. The summed E-state index contributed by atoms with van der Waals surface area (Å²) in [5.74, 6) is 0.135. The van der Waals surface area contributed by atoms with Crippen molar-refractivity contribution in [2.45, 2.75) is 45.6 Å². The van der Waals surface area contributed by atoms with Gasteiger partial charge in [0, 0.05) is 44.2 Å². The highest BCUT2D eigenvalue weighted by Crippen LogP contribution is 2.32. The SMILES string of the molecule is CCCCOC(=O)N1CCN(C(=O)CNC(=O)c2cc(OCC(=O)N3CCCC3c3nc4ccccc4[nH]3)c3ccc(C)cc3n2)CC1. The summed E-state index contributed by atoms with van der Waals surface area (Å²) in [6, 6.07) is 14.7. The minimum Gasteiger partial charge on any atom is -0.483 e. The Morgan fingerprint density at radius 1 is 0.938 bits per heavy atom. The number of pyridine rings is 1. The van der Waals surface area contributed by atoms with Gasteiger partial charge in [-0.1, -0.05) is 31.5 Å². The highest BCUT2D eigenvalue weighted by Gasteiger charge is 2.32. The second-order valence-corrected chi connectivity index (χ2v) is 12.2. The monoisotopic (exact) mass is 655 g/mol. The van der Waals surface area contributed by atoms with Crippen molar-refractivity contribution in [3.63, 3.8) is 0 Å². The number of aryl methyl sites for hydroxylation is 1. The van der Waals surface area contributed by atoms with Gasteiger partial charge in [-0.3, -0.25) is 14.4 Å². The van der Waals surface area contributed by atoms with Crippen LogP contribution < -0.4 is 10.1 Å². The number of unbranched alkanes of at least 4 members (excludes halogenated alkanes) is 1. The number of hydrogen-bond donors (Lipinski definition) is 2. The van der Waals surface area contributed by atoms with E-state index in [2.05, 4.69) is 15.3 Å². The maximum Gasteiger partial charge on any atom is 0.409 e. The number of benzene rings is 2. The topological polar surface area (TPSA) is 150 Å². The minimum absolute atomic E-state index is 0.0734. The summed E-state index contributed by atoms with van der Waals surface area (Å²) in [4.78, 5) is 69.5. The van der Waals surface area contributed by atoms with Gasteiger partial charge in [0.15, 0.2) is 6.61 Å². The first-order valence-corrected chi connectivity index (χ1v) is 16.6. The molecule has 2 fully saturated rings. The summed E-state index contributed by atoms with van der Waals surface area (Å²) >= 11 is 0. The molecular formula is C35H41N7O6. The molecule has 0 aliphatic carbocycles. The van der Waals surface area contributed by atoms with E-state index in [4.69, 9.17) is 14.5 Å². The molecule has 13 heteroatoms. The van der Waals surface area contributed by atoms with Crippen LogP contribution in [-0.2, 0) is 14.3 Å². The van der Waals surface area contributed by atoms with Gasteiger partial charge >= 0.3 is 6.09 Å². The lowest BCUT2D eigenvalue weighted by atomic mass is 10.1. The van der Waals surface area contributed by atoms with Crippen molar-refractivity contribution >= 4 is 45.8 Å². The molecule has 2 N–H and O–H groups in total. The predicted octanol–water partition coefficient (Wildman–Crippen LogP) is 3.97. The Bertz CT molecular complexity index is 1780. The maximum absolute atomic E-state index is 13.5. The molecule has 1 atom stereocenters. The molecule has 4 amide bonds. The van der Waals surface area contributed by atoms with Crippen LogP contribution in [0.3, 0.4) is 0 Å². The van der Waals surface area contributed by atoms with Crippen LogP contribution in [0.5, 0.6) is 5.75 Å². The molecule has 2 aromatic carbocycles. The quantitative estimate of drug-likeness (QED) is 0.244. The van der Waals surface area contributed by atoms with E-state index in [0.717, 1.165) is 48.1 Å². The second kappa shape index (κ2) is 14.7. The normalized spacial score (nSPS) is 16.4. The number of nitrogens with zero attached hydrogens (tertiary/aromatic N) is 5. The number of hydrogen-bond acceptors (Lipinski definition) is 8. The smallest absolute Gasteiger partial charge is 0.409 e. The third kappa shape index (κ3) is 7.35. The minimum atomic E-state index is -0.537. The molecule has 252 valence electrons. The zero-order chi connectivity index (χ0) is 33.6. The van der Waals surface area contributed by atoms with E-state index in [9.17, 15) is 19.2 Å². The number of fused-ring (bicyclic) bond motifs is 2. The summed E-state index contributed by atoms with van der Waals surface area (Å²) in [6.07, 6.45) is 3.04. The fourth-order valence-corrected chi connectivity index (χ4v) is 6.14. The standard InChI is InChI=1S/C35H41N7O6/c1-3-4-18-47-35(46)41-16-14-40(15-17-41)31(43)21-36-34(45)28-20-30(24-12-11-23(2)19-27(24)37-28)48-22-32(44)42-13-7-10-29(42)33-38-25-8-5-6-9-26(25)39-33/h5-6,8-9,11-12,19-20,29H,3-4,7,10,13-18,21-22H2,1-2H3,(H,36,45)(H,38,39). The third-order valence-electron chi connectivity index (χ3n) is 8.82. The lowest BCUT2D eigenvalue weighted by molar-refractivity contribution is -0.134. The number of aromatic amines is 1. The second-order valence-electron chi connectivity index (χ2n) is 12.2. The van der Waals surface area contributed by atoms with E-state index in [1.54, 1.807) is 14.7 Å². The highest BCUT2D eigenvalue weighted by atomic mass is 16.6. The summed E-state index contributed by atoms with van der Waals surface area (Å²) in [7, 11) is 0. The fraction of sp³-hybridized carbons (Fsp3) is 0.429. The van der Waals surface area contributed by atoms with Crippen molar-refractivity contribution in [2.24, 2.45) is 0 Å². The zero-order valence-electron chi connectivity index (χ0n) is 27.4. The van der Waals surface area contributed by atoms with Gasteiger partial charge in [0.05, 0.1) is 35.7 Å². The fourth-order valence-electron chi connectivity index (χ4n) is 6.14. The predicted molar refractivity (Wildman–Crippen MR) is 178 cm³/mol. The summed E-state index contributed by atoms with van der Waals surface area (Å²) in [6.45, 7) is 5.93. The van der Waals surface area contributed by atoms with E-state index in [0.29, 0.717) is 56.0 Å². The summed E-state index contributed by atoms with van der Waals surface area (Å²) < 4.78 is 11.4. The van der Waals surface area contributed by atoms with Crippen LogP contribution in [0.2, 0.25) is 0 Å². The molecule has 13 nitrogen and oxygen atoms in total. The summed E-state index contributed by atoms with van der Waals surface area (Å²) in [5, 5.41) is 3.35. The van der Waals surface area contributed by atoms with E-state index in [1.165, 1.54) is 6.07 Å². The molecule has 2 aliphatic rings. The maximum atomic E-state index is 13.5. The molecule has 2 saturated heterocycles. The Morgan fingerprint density at radius 3 is 2.52 bits per heavy atom. The van der Waals surface area contributed by atoms with Crippen LogP contribution in [0.25, 0.3) is 21.9 Å². The average molecular weight is 656 g/mol.